The number of ether oxygens (including phenoxy) is 1. The van der Waals surface area contributed by atoms with Gasteiger partial charge in [0, 0.05) is 12.7 Å². The summed E-state index contributed by atoms with van der Waals surface area (Å²) < 4.78 is 31.9. The predicted octanol–water partition coefficient (Wildman–Crippen LogP) is 3.67. The SMILES string of the molecule is CCNC(=NCCOc1cccnc1)NC(C)c1ccc(F)c(F)c1.I. The van der Waals surface area contributed by atoms with E-state index in [1.807, 2.05) is 19.9 Å². The number of nitrogens with one attached hydrogen (secondary N) is 2. The molecule has 5 nitrogen and oxygen atoms in total. The van der Waals surface area contributed by atoms with E-state index in [-0.39, 0.29) is 30.0 Å². The van der Waals surface area contributed by atoms with Crippen LogP contribution in [0.1, 0.15) is 25.5 Å². The summed E-state index contributed by atoms with van der Waals surface area (Å²) >= 11 is 0. The minimum Gasteiger partial charge on any atom is -0.490 e. The molecule has 0 spiro atoms. The summed E-state index contributed by atoms with van der Waals surface area (Å²) in [5.74, 6) is -0.456. The first-order valence-electron chi connectivity index (χ1n) is 8.12. The molecule has 0 aliphatic rings. The van der Waals surface area contributed by atoms with Gasteiger partial charge in [-0.25, -0.2) is 13.8 Å². The van der Waals surface area contributed by atoms with E-state index in [4.69, 9.17) is 4.74 Å². The third-order valence-electron chi connectivity index (χ3n) is 3.41. The second kappa shape index (κ2) is 11.6. The second-order valence-corrected chi connectivity index (χ2v) is 5.34. The quantitative estimate of drug-likeness (QED) is 0.277. The average molecular weight is 476 g/mol. The number of guanidine groups is 1. The molecule has 1 heterocycles. The highest BCUT2D eigenvalue weighted by Crippen LogP contribution is 2.15. The highest BCUT2D eigenvalue weighted by atomic mass is 127. The summed E-state index contributed by atoms with van der Waals surface area (Å²) in [6.07, 6.45) is 3.32. The third-order valence-corrected chi connectivity index (χ3v) is 3.41. The Hall–Kier alpha value is -1.97. The van der Waals surface area contributed by atoms with Crippen molar-refractivity contribution in [2.24, 2.45) is 4.99 Å². The van der Waals surface area contributed by atoms with E-state index in [9.17, 15) is 8.78 Å². The van der Waals surface area contributed by atoms with Gasteiger partial charge in [0.25, 0.3) is 0 Å². The molecule has 2 N–H and O–H groups in total. The van der Waals surface area contributed by atoms with Crippen molar-refractivity contribution >= 4 is 29.9 Å². The smallest absolute Gasteiger partial charge is 0.191 e. The van der Waals surface area contributed by atoms with Crippen molar-refractivity contribution < 1.29 is 13.5 Å². The summed E-state index contributed by atoms with van der Waals surface area (Å²) in [6.45, 7) is 5.33. The van der Waals surface area contributed by atoms with E-state index in [0.29, 0.717) is 37.0 Å². The maximum Gasteiger partial charge on any atom is 0.191 e. The third kappa shape index (κ3) is 7.11. The molecule has 0 amide bonds. The Morgan fingerprint density at radius 1 is 1.27 bits per heavy atom. The van der Waals surface area contributed by atoms with Crippen molar-refractivity contribution in [3.63, 3.8) is 0 Å². The molecule has 1 atom stereocenters. The fraction of sp³-hybridized carbons (Fsp3) is 0.333. The molecule has 0 radical (unpaired) electrons. The molecule has 0 saturated carbocycles. The normalized spacial score (nSPS) is 12.1. The van der Waals surface area contributed by atoms with Crippen LogP contribution < -0.4 is 15.4 Å². The van der Waals surface area contributed by atoms with E-state index in [2.05, 4.69) is 20.6 Å². The molecule has 0 saturated heterocycles. The van der Waals surface area contributed by atoms with E-state index < -0.39 is 11.6 Å². The van der Waals surface area contributed by atoms with Gasteiger partial charge >= 0.3 is 0 Å². The summed E-state index contributed by atoms with van der Waals surface area (Å²) in [5.41, 5.74) is 0.635. The molecule has 142 valence electrons. The van der Waals surface area contributed by atoms with Crippen molar-refractivity contribution in [2.75, 3.05) is 19.7 Å². The Morgan fingerprint density at radius 2 is 2.08 bits per heavy atom. The Bertz CT molecular complexity index is 701. The van der Waals surface area contributed by atoms with Gasteiger partial charge in [0.1, 0.15) is 12.4 Å². The Kier molecular flexibility index (Phi) is 9.85. The topological polar surface area (TPSA) is 58.5 Å². The molecule has 8 heteroatoms. The number of hydrogen-bond donors (Lipinski definition) is 2. The standard InChI is InChI=1S/C18H22F2N4O.HI/c1-3-22-18(23-9-10-25-15-5-4-8-21-12-15)24-13(2)14-6-7-16(19)17(20)11-14;/h4-8,11-13H,3,9-10H2,1-2H3,(H2,22,23,24);1H. The van der Waals surface area contributed by atoms with Crippen molar-refractivity contribution in [3.8, 4) is 5.75 Å². The molecule has 0 aliphatic carbocycles. The maximum absolute atomic E-state index is 13.4. The van der Waals surface area contributed by atoms with E-state index in [1.165, 1.54) is 6.07 Å². The van der Waals surface area contributed by atoms with Gasteiger partial charge in [-0.2, -0.15) is 0 Å². The fourth-order valence-electron chi connectivity index (χ4n) is 2.14. The summed E-state index contributed by atoms with van der Waals surface area (Å²) in [7, 11) is 0. The maximum atomic E-state index is 13.4. The largest absolute Gasteiger partial charge is 0.490 e. The lowest BCUT2D eigenvalue weighted by Crippen LogP contribution is -2.39. The first kappa shape index (κ1) is 22.1. The van der Waals surface area contributed by atoms with E-state index in [0.717, 1.165) is 6.07 Å². The van der Waals surface area contributed by atoms with Gasteiger partial charge in [0.2, 0.25) is 0 Å². The molecule has 1 unspecified atom stereocenters. The Morgan fingerprint density at radius 3 is 2.73 bits per heavy atom. The lowest BCUT2D eigenvalue weighted by Gasteiger charge is -2.18. The van der Waals surface area contributed by atoms with Gasteiger partial charge in [0.05, 0.1) is 18.8 Å². The van der Waals surface area contributed by atoms with Crippen molar-refractivity contribution in [3.05, 3.63) is 59.9 Å². The lowest BCUT2D eigenvalue weighted by atomic mass is 10.1. The molecular formula is C18H23F2IN4O. The number of nitrogens with zero attached hydrogens (tertiary/aromatic N) is 2. The van der Waals surface area contributed by atoms with Crippen LogP contribution in [-0.2, 0) is 0 Å². The number of benzene rings is 1. The minimum atomic E-state index is -0.863. The molecule has 1 aromatic heterocycles. The minimum absolute atomic E-state index is 0. The van der Waals surface area contributed by atoms with Crippen LogP contribution in [0.15, 0.2) is 47.7 Å². The molecule has 0 bridgehead atoms. The van der Waals surface area contributed by atoms with Crippen LogP contribution in [-0.4, -0.2) is 30.6 Å². The van der Waals surface area contributed by atoms with Gasteiger partial charge in [-0.3, -0.25) is 4.98 Å². The van der Waals surface area contributed by atoms with Gasteiger partial charge < -0.3 is 15.4 Å². The van der Waals surface area contributed by atoms with Gasteiger partial charge in [-0.05, 0) is 43.7 Å². The molecule has 0 fully saturated rings. The molecule has 2 aromatic rings. The van der Waals surface area contributed by atoms with Crippen LogP contribution in [0.5, 0.6) is 5.75 Å². The molecule has 0 aliphatic heterocycles. The highest BCUT2D eigenvalue weighted by molar-refractivity contribution is 14.0. The number of aromatic nitrogens is 1. The van der Waals surface area contributed by atoms with Crippen molar-refractivity contribution in [1.82, 2.24) is 15.6 Å². The lowest BCUT2D eigenvalue weighted by molar-refractivity contribution is 0.327. The summed E-state index contributed by atoms with van der Waals surface area (Å²) in [5, 5.41) is 6.27. The highest BCUT2D eigenvalue weighted by Gasteiger charge is 2.10. The second-order valence-electron chi connectivity index (χ2n) is 5.34. The van der Waals surface area contributed by atoms with Crippen molar-refractivity contribution in [1.29, 1.82) is 0 Å². The fourth-order valence-corrected chi connectivity index (χ4v) is 2.14. The van der Waals surface area contributed by atoms with Crippen LogP contribution in [0.25, 0.3) is 0 Å². The number of halogens is 3. The Labute approximate surface area is 169 Å². The Balaban J connectivity index is 0.00000338. The number of hydrogen-bond acceptors (Lipinski definition) is 3. The number of pyridine rings is 1. The molecule has 1 aromatic carbocycles. The first-order valence-corrected chi connectivity index (χ1v) is 8.12. The van der Waals surface area contributed by atoms with Gasteiger partial charge in [-0.1, -0.05) is 6.07 Å². The number of aliphatic imine (C=N–C) groups is 1. The zero-order valence-corrected chi connectivity index (χ0v) is 17.0. The van der Waals surface area contributed by atoms with E-state index >= 15 is 0 Å². The molecule has 26 heavy (non-hydrogen) atoms. The molecule has 2 rings (SSSR count). The van der Waals surface area contributed by atoms with Crippen LogP contribution in [0.4, 0.5) is 8.78 Å². The summed E-state index contributed by atoms with van der Waals surface area (Å²) in [4.78, 5) is 8.39. The number of rotatable bonds is 7. The van der Waals surface area contributed by atoms with Crippen LogP contribution >= 0.6 is 24.0 Å². The zero-order chi connectivity index (χ0) is 18.1. The van der Waals surface area contributed by atoms with Crippen LogP contribution in [0.2, 0.25) is 0 Å². The average Bonchev–Trinajstić information content (AvgIpc) is 2.62. The molecular weight excluding hydrogens is 453 g/mol. The zero-order valence-electron chi connectivity index (χ0n) is 14.7. The van der Waals surface area contributed by atoms with Gasteiger partial charge in [-0.15, -0.1) is 24.0 Å². The predicted molar refractivity (Wildman–Crippen MR) is 109 cm³/mol. The van der Waals surface area contributed by atoms with Crippen LogP contribution in [0, 0.1) is 11.6 Å². The van der Waals surface area contributed by atoms with E-state index in [1.54, 1.807) is 24.5 Å². The van der Waals surface area contributed by atoms with Crippen molar-refractivity contribution in [2.45, 2.75) is 19.9 Å². The van der Waals surface area contributed by atoms with Gasteiger partial charge in [0.15, 0.2) is 17.6 Å². The first-order chi connectivity index (χ1) is 12.1. The van der Waals surface area contributed by atoms with Crippen LogP contribution in [0.3, 0.4) is 0 Å². The monoisotopic (exact) mass is 476 g/mol. The summed E-state index contributed by atoms with van der Waals surface area (Å²) in [6, 6.07) is 7.24.